The van der Waals surface area contributed by atoms with Gasteiger partial charge in [-0.1, -0.05) is 6.08 Å². The molecule has 1 unspecified atom stereocenters. The van der Waals surface area contributed by atoms with Crippen LogP contribution in [0.25, 0.3) is 0 Å². The number of nitrogens with zero attached hydrogens (tertiary/aromatic N) is 2. The van der Waals surface area contributed by atoms with Gasteiger partial charge in [-0.15, -0.1) is 0 Å². The Hall–Kier alpha value is -0.790. The second-order valence-electron chi connectivity index (χ2n) is 1.83. The van der Waals surface area contributed by atoms with Gasteiger partial charge >= 0.3 is 0 Å². The van der Waals surface area contributed by atoms with E-state index in [0.29, 0.717) is 6.17 Å². The maximum absolute atomic E-state index is 4.02. The van der Waals surface area contributed by atoms with Crippen molar-refractivity contribution < 1.29 is 0 Å². The first-order valence-corrected chi connectivity index (χ1v) is 2.78. The number of allylic oxidation sites excluding steroid dienone is 1. The molecule has 1 heterocycles. The minimum atomic E-state index is 0.367. The molecule has 0 fully saturated rings. The van der Waals surface area contributed by atoms with Crippen molar-refractivity contribution in [2.45, 2.75) is 20.0 Å². The largest absolute Gasteiger partial charge is 0.317 e. The second kappa shape index (κ2) is 1.99. The summed E-state index contributed by atoms with van der Waals surface area (Å²) < 4.78 is 0. The number of hydrogen-bond acceptors (Lipinski definition) is 2. The van der Waals surface area contributed by atoms with Crippen LogP contribution in [-0.4, -0.2) is 17.4 Å². The van der Waals surface area contributed by atoms with E-state index in [9.17, 15) is 0 Å². The highest BCUT2D eigenvalue weighted by molar-refractivity contribution is 5.62. The Balaban J connectivity index is 2.41. The molecule has 0 aliphatic carbocycles. The predicted octanol–water partition coefficient (Wildman–Crippen LogP) is 1.21. The molecule has 0 amide bonds. The Morgan fingerprint density at radius 3 is 2.62 bits per heavy atom. The highest BCUT2D eigenvalue weighted by Gasteiger charge is 2.11. The molecule has 0 saturated carbocycles. The van der Waals surface area contributed by atoms with Crippen LogP contribution >= 0.6 is 0 Å². The van der Waals surface area contributed by atoms with Crippen LogP contribution < -0.4 is 0 Å². The molecule has 0 aromatic carbocycles. The van der Waals surface area contributed by atoms with Gasteiger partial charge in [-0.2, -0.15) is 0 Å². The van der Waals surface area contributed by atoms with Crippen molar-refractivity contribution in [1.29, 1.82) is 0 Å². The van der Waals surface area contributed by atoms with Crippen LogP contribution in [-0.2, 0) is 0 Å². The third-order valence-corrected chi connectivity index (χ3v) is 1.17. The fourth-order valence-corrected chi connectivity index (χ4v) is 0.612. The molecular weight excluding hydrogens is 100 g/mol. The van der Waals surface area contributed by atoms with E-state index >= 15 is 0 Å². The van der Waals surface area contributed by atoms with Gasteiger partial charge in [0.25, 0.3) is 0 Å². The van der Waals surface area contributed by atoms with Crippen molar-refractivity contribution in [1.82, 2.24) is 4.90 Å². The summed E-state index contributed by atoms with van der Waals surface area (Å²) in [6, 6.07) is 0. The van der Waals surface area contributed by atoms with E-state index in [-0.39, 0.29) is 0 Å². The quantitative estimate of drug-likeness (QED) is 0.495. The Morgan fingerprint density at radius 2 is 2.50 bits per heavy atom. The summed E-state index contributed by atoms with van der Waals surface area (Å²) in [6.45, 7) is 4.05. The smallest absolute Gasteiger partial charge is 0.124 e. The molecule has 0 aromatic heterocycles. The average Bonchev–Trinajstić information content (AvgIpc) is 1.79. The fourth-order valence-electron chi connectivity index (χ4n) is 0.612. The maximum atomic E-state index is 4.02. The monoisotopic (exact) mass is 110 g/mol. The van der Waals surface area contributed by atoms with Gasteiger partial charge in [-0.3, -0.25) is 4.99 Å². The van der Waals surface area contributed by atoms with Crippen molar-refractivity contribution in [3.05, 3.63) is 12.3 Å². The molecule has 2 heteroatoms. The van der Waals surface area contributed by atoms with Crippen LogP contribution in [0.2, 0.25) is 0 Å². The second-order valence-corrected chi connectivity index (χ2v) is 1.83. The SMILES string of the molecule is C/C=C\N1C=NC1C. The normalized spacial score (nSPS) is 26.8. The lowest BCUT2D eigenvalue weighted by atomic mass is 10.4. The molecule has 0 aromatic rings. The molecule has 44 valence electrons. The average molecular weight is 110 g/mol. The lowest BCUT2D eigenvalue weighted by Crippen LogP contribution is -2.33. The summed E-state index contributed by atoms with van der Waals surface area (Å²) in [4.78, 5) is 6.07. The third kappa shape index (κ3) is 0.735. The molecule has 1 rings (SSSR count). The van der Waals surface area contributed by atoms with E-state index in [2.05, 4.69) is 16.8 Å². The molecule has 0 bridgehead atoms. The predicted molar refractivity (Wildman–Crippen MR) is 34.6 cm³/mol. The van der Waals surface area contributed by atoms with Gasteiger partial charge in [-0.25, -0.2) is 0 Å². The van der Waals surface area contributed by atoms with Crippen LogP contribution in [0.5, 0.6) is 0 Å². The van der Waals surface area contributed by atoms with Gasteiger partial charge in [0.15, 0.2) is 0 Å². The lowest BCUT2D eigenvalue weighted by molar-refractivity contribution is 0.398. The van der Waals surface area contributed by atoms with Crippen molar-refractivity contribution in [3.8, 4) is 0 Å². The summed E-state index contributed by atoms with van der Waals surface area (Å²) in [5, 5.41) is 0. The Morgan fingerprint density at radius 1 is 1.75 bits per heavy atom. The highest BCUT2D eigenvalue weighted by Crippen LogP contribution is 2.06. The molecule has 1 aliphatic heterocycles. The molecular formula is C6H10N2. The van der Waals surface area contributed by atoms with Gasteiger partial charge in [0.2, 0.25) is 0 Å². The molecule has 0 radical (unpaired) electrons. The molecule has 1 atom stereocenters. The summed E-state index contributed by atoms with van der Waals surface area (Å²) >= 11 is 0. The number of hydrogen-bond donors (Lipinski definition) is 0. The summed E-state index contributed by atoms with van der Waals surface area (Å²) in [5.74, 6) is 0. The summed E-state index contributed by atoms with van der Waals surface area (Å²) in [6.07, 6.45) is 6.20. The van der Waals surface area contributed by atoms with Crippen molar-refractivity contribution >= 4 is 6.34 Å². The van der Waals surface area contributed by atoms with Crippen LogP contribution in [0, 0.1) is 0 Å². The van der Waals surface area contributed by atoms with E-state index < -0.39 is 0 Å². The fraction of sp³-hybridized carbons (Fsp3) is 0.500. The zero-order valence-corrected chi connectivity index (χ0v) is 5.20. The minimum Gasteiger partial charge on any atom is -0.317 e. The molecule has 0 spiro atoms. The maximum Gasteiger partial charge on any atom is 0.124 e. The van der Waals surface area contributed by atoms with Crippen LogP contribution in [0.4, 0.5) is 0 Å². The van der Waals surface area contributed by atoms with Crippen molar-refractivity contribution in [2.75, 3.05) is 0 Å². The Bertz CT molecular complexity index is 126. The van der Waals surface area contributed by atoms with E-state index in [1.165, 1.54) is 0 Å². The van der Waals surface area contributed by atoms with E-state index in [4.69, 9.17) is 0 Å². The molecule has 1 aliphatic rings. The zero-order chi connectivity index (χ0) is 5.98. The first-order chi connectivity index (χ1) is 3.84. The zero-order valence-electron chi connectivity index (χ0n) is 5.20. The van der Waals surface area contributed by atoms with Crippen molar-refractivity contribution in [2.24, 2.45) is 4.99 Å². The van der Waals surface area contributed by atoms with E-state index in [0.717, 1.165) is 0 Å². The van der Waals surface area contributed by atoms with Crippen LogP contribution in [0.3, 0.4) is 0 Å². The summed E-state index contributed by atoms with van der Waals surface area (Å²) in [5.41, 5.74) is 0. The van der Waals surface area contributed by atoms with Crippen LogP contribution in [0.1, 0.15) is 13.8 Å². The van der Waals surface area contributed by atoms with Crippen molar-refractivity contribution in [3.63, 3.8) is 0 Å². The van der Waals surface area contributed by atoms with E-state index in [1.807, 2.05) is 25.5 Å². The molecule has 0 N–H and O–H groups in total. The number of aliphatic imine (C=N–C) groups is 1. The first kappa shape index (κ1) is 5.35. The topological polar surface area (TPSA) is 15.6 Å². The summed E-state index contributed by atoms with van der Waals surface area (Å²) in [7, 11) is 0. The molecule has 2 nitrogen and oxygen atoms in total. The van der Waals surface area contributed by atoms with Gasteiger partial charge in [0.1, 0.15) is 6.17 Å². The Kier molecular flexibility index (Phi) is 1.33. The van der Waals surface area contributed by atoms with E-state index in [1.54, 1.807) is 0 Å². The lowest BCUT2D eigenvalue weighted by Gasteiger charge is -2.27. The van der Waals surface area contributed by atoms with Gasteiger partial charge in [0, 0.05) is 6.20 Å². The van der Waals surface area contributed by atoms with Gasteiger partial charge < -0.3 is 4.90 Å². The Labute approximate surface area is 49.5 Å². The van der Waals surface area contributed by atoms with Crippen LogP contribution in [0.15, 0.2) is 17.3 Å². The molecule has 0 saturated heterocycles. The standard InChI is InChI=1S/C6H10N2/c1-3-4-8-5-7-6(8)2/h3-6H,1-2H3/b4-3-. The van der Waals surface area contributed by atoms with Gasteiger partial charge in [-0.05, 0) is 13.8 Å². The van der Waals surface area contributed by atoms with Gasteiger partial charge in [0.05, 0.1) is 6.34 Å². The minimum absolute atomic E-state index is 0.367. The molecule has 8 heavy (non-hydrogen) atoms. The number of rotatable bonds is 1. The third-order valence-electron chi connectivity index (χ3n) is 1.17. The first-order valence-electron chi connectivity index (χ1n) is 2.78. The highest BCUT2D eigenvalue weighted by atomic mass is 15.3.